The number of carboxylic acids is 1. The van der Waals surface area contributed by atoms with E-state index >= 15 is 0 Å². The van der Waals surface area contributed by atoms with Gasteiger partial charge in [0, 0.05) is 6.54 Å². The predicted molar refractivity (Wildman–Crippen MR) is 61.5 cm³/mol. The molecule has 0 aliphatic rings. The highest BCUT2D eigenvalue weighted by atomic mass is 32.2. The maximum absolute atomic E-state index is 10.9. The van der Waals surface area contributed by atoms with Crippen LogP contribution in [0.3, 0.4) is 0 Å². The van der Waals surface area contributed by atoms with Crippen LogP contribution in [0.1, 0.15) is 29.7 Å². The SMILES string of the molecule is CCSCCCn1c(C(=O)O)cnc1C. The zero-order valence-electron chi connectivity index (χ0n) is 9.06. The Morgan fingerprint density at radius 2 is 2.40 bits per heavy atom. The molecule has 0 aliphatic heterocycles. The van der Waals surface area contributed by atoms with Crippen molar-refractivity contribution >= 4 is 17.7 Å². The first-order chi connectivity index (χ1) is 7.16. The van der Waals surface area contributed by atoms with Gasteiger partial charge in [0.2, 0.25) is 0 Å². The number of carboxylic acid groups (broad SMARTS) is 1. The normalized spacial score (nSPS) is 10.5. The van der Waals surface area contributed by atoms with Crippen molar-refractivity contribution in [2.75, 3.05) is 11.5 Å². The summed E-state index contributed by atoms with van der Waals surface area (Å²) < 4.78 is 1.76. The Balaban J connectivity index is 2.58. The van der Waals surface area contributed by atoms with Gasteiger partial charge in [-0.05, 0) is 24.9 Å². The number of aromatic nitrogens is 2. The minimum Gasteiger partial charge on any atom is -0.477 e. The minimum absolute atomic E-state index is 0.286. The van der Waals surface area contributed by atoms with Crippen molar-refractivity contribution in [1.82, 2.24) is 9.55 Å². The summed E-state index contributed by atoms with van der Waals surface area (Å²) in [5, 5.41) is 8.92. The molecule has 1 aromatic heterocycles. The van der Waals surface area contributed by atoms with E-state index in [2.05, 4.69) is 11.9 Å². The average molecular weight is 228 g/mol. The van der Waals surface area contributed by atoms with E-state index in [0.717, 1.165) is 30.3 Å². The number of hydrogen-bond donors (Lipinski definition) is 1. The molecular weight excluding hydrogens is 212 g/mol. The summed E-state index contributed by atoms with van der Waals surface area (Å²) in [6.45, 7) is 4.69. The average Bonchev–Trinajstić information content (AvgIpc) is 2.55. The molecule has 5 heteroatoms. The molecule has 0 unspecified atom stereocenters. The molecule has 0 aromatic carbocycles. The maximum atomic E-state index is 10.9. The Morgan fingerprint density at radius 3 is 3.00 bits per heavy atom. The number of aryl methyl sites for hydroxylation is 1. The summed E-state index contributed by atoms with van der Waals surface area (Å²) in [7, 11) is 0. The standard InChI is InChI=1S/C10H16N2O2S/c1-3-15-6-4-5-12-8(2)11-7-9(12)10(13)14/h7H,3-6H2,1-2H3,(H,13,14). The number of nitrogens with zero attached hydrogens (tertiary/aromatic N) is 2. The Kier molecular flexibility index (Phi) is 4.68. The van der Waals surface area contributed by atoms with Crippen molar-refractivity contribution in [2.24, 2.45) is 0 Å². The minimum atomic E-state index is -0.904. The van der Waals surface area contributed by atoms with Gasteiger partial charge in [-0.2, -0.15) is 11.8 Å². The lowest BCUT2D eigenvalue weighted by molar-refractivity contribution is 0.0684. The smallest absolute Gasteiger partial charge is 0.354 e. The molecule has 1 aromatic rings. The second-order valence-corrected chi connectivity index (χ2v) is 4.59. The van der Waals surface area contributed by atoms with Crippen molar-refractivity contribution in [3.05, 3.63) is 17.7 Å². The number of carbonyl (C=O) groups is 1. The van der Waals surface area contributed by atoms with E-state index in [9.17, 15) is 4.79 Å². The van der Waals surface area contributed by atoms with Gasteiger partial charge >= 0.3 is 5.97 Å². The molecule has 0 amide bonds. The topological polar surface area (TPSA) is 55.1 Å². The van der Waals surface area contributed by atoms with Gasteiger partial charge in [-0.1, -0.05) is 6.92 Å². The van der Waals surface area contributed by atoms with E-state index < -0.39 is 5.97 Å². The molecule has 0 saturated carbocycles. The summed E-state index contributed by atoms with van der Waals surface area (Å²) in [6, 6.07) is 0. The van der Waals surface area contributed by atoms with Crippen LogP contribution in [0.5, 0.6) is 0 Å². The maximum Gasteiger partial charge on any atom is 0.354 e. The molecule has 15 heavy (non-hydrogen) atoms. The summed E-state index contributed by atoms with van der Waals surface area (Å²) in [5.74, 6) is 2.04. The van der Waals surface area contributed by atoms with Crippen LogP contribution in [0, 0.1) is 6.92 Å². The van der Waals surface area contributed by atoms with Gasteiger partial charge in [0.1, 0.15) is 11.5 Å². The van der Waals surface area contributed by atoms with Gasteiger partial charge in [-0.15, -0.1) is 0 Å². The third-order valence-corrected chi connectivity index (χ3v) is 3.13. The lowest BCUT2D eigenvalue weighted by atomic mass is 10.4. The third-order valence-electron chi connectivity index (χ3n) is 2.15. The first kappa shape index (κ1) is 12.1. The second-order valence-electron chi connectivity index (χ2n) is 3.20. The molecule has 0 atom stereocenters. The number of rotatable bonds is 6. The molecular formula is C10H16N2O2S. The Morgan fingerprint density at radius 1 is 1.67 bits per heavy atom. The quantitative estimate of drug-likeness (QED) is 0.757. The molecule has 1 heterocycles. The summed E-state index contributed by atoms with van der Waals surface area (Å²) in [6.07, 6.45) is 2.40. The monoisotopic (exact) mass is 228 g/mol. The van der Waals surface area contributed by atoms with Gasteiger partial charge in [-0.25, -0.2) is 9.78 Å². The summed E-state index contributed by atoms with van der Waals surface area (Å²) in [5.41, 5.74) is 0.286. The van der Waals surface area contributed by atoms with Crippen LogP contribution in [0.15, 0.2) is 6.20 Å². The van der Waals surface area contributed by atoms with Crippen LogP contribution < -0.4 is 0 Å². The highest BCUT2D eigenvalue weighted by molar-refractivity contribution is 7.99. The Hall–Kier alpha value is -0.970. The molecule has 84 valence electrons. The number of imidazole rings is 1. The van der Waals surface area contributed by atoms with E-state index in [1.165, 1.54) is 6.20 Å². The van der Waals surface area contributed by atoms with Crippen molar-refractivity contribution in [2.45, 2.75) is 26.8 Å². The fourth-order valence-corrected chi connectivity index (χ4v) is 2.01. The molecule has 1 N–H and O–H groups in total. The number of thioether (sulfide) groups is 1. The number of aromatic carboxylic acids is 1. The zero-order valence-corrected chi connectivity index (χ0v) is 9.88. The van der Waals surface area contributed by atoms with Crippen molar-refractivity contribution in [3.63, 3.8) is 0 Å². The molecule has 0 fully saturated rings. The van der Waals surface area contributed by atoms with Gasteiger partial charge in [0.15, 0.2) is 0 Å². The predicted octanol–water partition coefficient (Wildman–Crippen LogP) is 2.03. The molecule has 1 rings (SSSR count). The van der Waals surface area contributed by atoms with Gasteiger partial charge in [-0.3, -0.25) is 0 Å². The highest BCUT2D eigenvalue weighted by Crippen LogP contribution is 2.08. The molecule has 0 bridgehead atoms. The molecule has 4 nitrogen and oxygen atoms in total. The van der Waals surface area contributed by atoms with Crippen LogP contribution >= 0.6 is 11.8 Å². The first-order valence-electron chi connectivity index (χ1n) is 5.00. The van der Waals surface area contributed by atoms with Crippen LogP contribution in [-0.4, -0.2) is 32.1 Å². The second kappa shape index (κ2) is 5.80. The van der Waals surface area contributed by atoms with E-state index in [-0.39, 0.29) is 5.69 Å². The Bertz CT molecular complexity index is 336. The fraction of sp³-hybridized carbons (Fsp3) is 0.600. The van der Waals surface area contributed by atoms with Crippen LogP contribution in [0.4, 0.5) is 0 Å². The van der Waals surface area contributed by atoms with E-state index in [1.54, 1.807) is 4.57 Å². The lowest BCUT2D eigenvalue weighted by Gasteiger charge is -2.06. The van der Waals surface area contributed by atoms with E-state index in [4.69, 9.17) is 5.11 Å². The van der Waals surface area contributed by atoms with E-state index in [0.29, 0.717) is 0 Å². The van der Waals surface area contributed by atoms with E-state index in [1.807, 2.05) is 18.7 Å². The molecule has 0 radical (unpaired) electrons. The molecule has 0 aliphatic carbocycles. The molecule has 0 spiro atoms. The Labute approximate surface area is 93.7 Å². The fourth-order valence-electron chi connectivity index (χ4n) is 1.39. The highest BCUT2D eigenvalue weighted by Gasteiger charge is 2.12. The van der Waals surface area contributed by atoms with Crippen LogP contribution in [0.25, 0.3) is 0 Å². The van der Waals surface area contributed by atoms with Crippen LogP contribution in [0.2, 0.25) is 0 Å². The summed E-state index contributed by atoms with van der Waals surface area (Å²) >= 11 is 1.87. The van der Waals surface area contributed by atoms with Crippen LogP contribution in [-0.2, 0) is 6.54 Å². The van der Waals surface area contributed by atoms with Crippen molar-refractivity contribution in [1.29, 1.82) is 0 Å². The summed E-state index contributed by atoms with van der Waals surface area (Å²) in [4.78, 5) is 14.9. The first-order valence-corrected chi connectivity index (χ1v) is 6.15. The van der Waals surface area contributed by atoms with Gasteiger partial charge in [0.25, 0.3) is 0 Å². The lowest BCUT2D eigenvalue weighted by Crippen LogP contribution is -2.10. The van der Waals surface area contributed by atoms with Gasteiger partial charge in [0.05, 0.1) is 6.20 Å². The largest absolute Gasteiger partial charge is 0.477 e. The third kappa shape index (κ3) is 3.27. The van der Waals surface area contributed by atoms with Crippen molar-refractivity contribution < 1.29 is 9.90 Å². The van der Waals surface area contributed by atoms with Gasteiger partial charge < -0.3 is 9.67 Å². The molecule has 0 saturated heterocycles. The van der Waals surface area contributed by atoms with Crippen molar-refractivity contribution in [3.8, 4) is 0 Å². The zero-order chi connectivity index (χ0) is 11.3. The number of hydrogen-bond acceptors (Lipinski definition) is 3.